The molecular formula is C16H18N2O3S. The van der Waals surface area contributed by atoms with Gasteiger partial charge in [0.25, 0.3) is 5.91 Å². The number of carbonyl (C=O) groups excluding carboxylic acids is 1. The Labute approximate surface area is 133 Å². The van der Waals surface area contributed by atoms with Crippen molar-refractivity contribution >= 4 is 17.2 Å². The smallest absolute Gasteiger partial charge is 0.265 e. The minimum absolute atomic E-state index is 0.00186. The second kappa shape index (κ2) is 5.96. The van der Waals surface area contributed by atoms with E-state index in [9.17, 15) is 4.79 Å². The lowest BCUT2D eigenvalue weighted by Crippen LogP contribution is -2.26. The van der Waals surface area contributed by atoms with E-state index in [2.05, 4.69) is 4.98 Å². The molecule has 0 saturated heterocycles. The van der Waals surface area contributed by atoms with E-state index < -0.39 is 0 Å². The maximum atomic E-state index is 12.5. The quantitative estimate of drug-likeness (QED) is 0.873. The molecule has 0 spiro atoms. The summed E-state index contributed by atoms with van der Waals surface area (Å²) in [6.45, 7) is 5.44. The topological polar surface area (TPSA) is 51.7 Å². The van der Waals surface area contributed by atoms with Crippen molar-refractivity contribution in [1.29, 1.82) is 0 Å². The van der Waals surface area contributed by atoms with Gasteiger partial charge in [0.2, 0.25) is 0 Å². The van der Waals surface area contributed by atoms with E-state index in [0.717, 1.165) is 27.8 Å². The molecule has 6 heteroatoms. The summed E-state index contributed by atoms with van der Waals surface area (Å²) in [7, 11) is 1.80. The Balaban J connectivity index is 1.75. The molecule has 3 rings (SSSR count). The monoisotopic (exact) mass is 318 g/mol. The summed E-state index contributed by atoms with van der Waals surface area (Å²) in [5.41, 5.74) is 1.81. The van der Waals surface area contributed by atoms with Crippen LogP contribution in [0.1, 0.15) is 25.9 Å². The molecule has 0 aliphatic carbocycles. The van der Waals surface area contributed by atoms with E-state index in [0.29, 0.717) is 24.6 Å². The van der Waals surface area contributed by atoms with E-state index in [1.807, 2.05) is 32.0 Å². The summed E-state index contributed by atoms with van der Waals surface area (Å²) in [5, 5.41) is 0.911. The van der Waals surface area contributed by atoms with E-state index in [-0.39, 0.29) is 5.91 Å². The first-order valence-corrected chi connectivity index (χ1v) is 7.94. The minimum atomic E-state index is -0.00186. The Hall–Kier alpha value is -2.08. The lowest BCUT2D eigenvalue weighted by Gasteiger charge is -2.21. The number of nitrogens with zero attached hydrogens (tertiary/aromatic N) is 2. The number of amides is 1. The molecule has 0 N–H and O–H groups in total. The van der Waals surface area contributed by atoms with Crippen molar-refractivity contribution in [2.75, 3.05) is 20.3 Å². The molecule has 2 heterocycles. The van der Waals surface area contributed by atoms with Crippen molar-refractivity contribution in [3.8, 4) is 11.5 Å². The molecule has 0 saturated carbocycles. The number of rotatable bonds is 3. The van der Waals surface area contributed by atoms with Crippen molar-refractivity contribution in [3.05, 3.63) is 39.3 Å². The highest BCUT2D eigenvalue weighted by atomic mass is 32.1. The molecule has 116 valence electrons. The molecule has 0 radical (unpaired) electrons. The number of thiazole rings is 1. The number of benzene rings is 1. The van der Waals surface area contributed by atoms with Gasteiger partial charge in [0, 0.05) is 13.6 Å². The summed E-state index contributed by atoms with van der Waals surface area (Å²) < 4.78 is 11.1. The summed E-state index contributed by atoms with van der Waals surface area (Å²) in [6.07, 6.45) is 0. The number of fused-ring (bicyclic) bond motifs is 1. The van der Waals surface area contributed by atoms with E-state index >= 15 is 0 Å². The van der Waals surface area contributed by atoms with Crippen LogP contribution >= 0.6 is 11.3 Å². The van der Waals surface area contributed by atoms with Crippen LogP contribution in [-0.2, 0) is 6.54 Å². The Kier molecular flexibility index (Phi) is 4.02. The molecule has 22 heavy (non-hydrogen) atoms. The molecular weight excluding hydrogens is 300 g/mol. The Morgan fingerprint density at radius 3 is 2.68 bits per heavy atom. The van der Waals surface area contributed by atoms with E-state index in [4.69, 9.17) is 9.47 Å². The van der Waals surface area contributed by atoms with Gasteiger partial charge >= 0.3 is 0 Å². The van der Waals surface area contributed by atoms with Gasteiger partial charge in [-0.3, -0.25) is 4.79 Å². The van der Waals surface area contributed by atoms with Crippen LogP contribution in [0.25, 0.3) is 0 Å². The summed E-state index contributed by atoms with van der Waals surface area (Å²) in [4.78, 5) is 19.2. The minimum Gasteiger partial charge on any atom is -0.486 e. The second-order valence-electron chi connectivity index (χ2n) is 5.29. The molecule has 0 atom stereocenters. The van der Waals surface area contributed by atoms with Gasteiger partial charge in [0.15, 0.2) is 11.5 Å². The number of aryl methyl sites for hydroxylation is 2. The van der Waals surface area contributed by atoms with Crippen LogP contribution in [0.15, 0.2) is 18.2 Å². The maximum Gasteiger partial charge on any atom is 0.265 e. The van der Waals surface area contributed by atoms with Gasteiger partial charge in [0.1, 0.15) is 18.1 Å². The summed E-state index contributed by atoms with van der Waals surface area (Å²) in [5.74, 6) is 1.50. The van der Waals surface area contributed by atoms with E-state index in [1.54, 1.807) is 11.9 Å². The molecule has 1 aliphatic heterocycles. The zero-order valence-corrected chi connectivity index (χ0v) is 13.7. The fourth-order valence-electron chi connectivity index (χ4n) is 2.43. The molecule has 1 aromatic heterocycles. The SMILES string of the molecule is Cc1nc(C)c(C(=O)N(C)Cc2ccc3c(c2)OCCO3)s1. The van der Waals surface area contributed by atoms with Gasteiger partial charge in [0.05, 0.1) is 10.7 Å². The Bertz CT molecular complexity index is 711. The number of hydrogen-bond acceptors (Lipinski definition) is 5. The van der Waals surface area contributed by atoms with Gasteiger partial charge in [-0.2, -0.15) is 0 Å². The van der Waals surface area contributed by atoms with Gasteiger partial charge in [-0.1, -0.05) is 6.07 Å². The van der Waals surface area contributed by atoms with Gasteiger partial charge < -0.3 is 14.4 Å². The first-order chi connectivity index (χ1) is 10.5. The third kappa shape index (κ3) is 2.92. The van der Waals surface area contributed by atoms with Crippen LogP contribution < -0.4 is 9.47 Å². The lowest BCUT2D eigenvalue weighted by molar-refractivity contribution is 0.0788. The van der Waals surface area contributed by atoms with Crippen LogP contribution in [0.4, 0.5) is 0 Å². The first-order valence-electron chi connectivity index (χ1n) is 7.12. The standard InChI is InChI=1S/C16H18N2O3S/c1-10-15(22-11(2)17-10)16(19)18(3)9-12-4-5-13-14(8-12)21-7-6-20-13/h4-5,8H,6-7,9H2,1-3H3. The van der Waals surface area contributed by atoms with Crippen molar-refractivity contribution in [1.82, 2.24) is 9.88 Å². The predicted octanol–water partition coefficient (Wildman–Crippen LogP) is 2.80. The average molecular weight is 318 g/mol. The fourth-order valence-corrected chi connectivity index (χ4v) is 3.35. The number of hydrogen-bond donors (Lipinski definition) is 0. The second-order valence-corrected chi connectivity index (χ2v) is 6.49. The molecule has 0 fully saturated rings. The normalized spacial score (nSPS) is 13.0. The van der Waals surface area contributed by atoms with Crippen LogP contribution in [-0.4, -0.2) is 36.1 Å². The van der Waals surface area contributed by atoms with Gasteiger partial charge in [-0.15, -0.1) is 11.3 Å². The Morgan fingerprint density at radius 1 is 1.27 bits per heavy atom. The first kappa shape index (κ1) is 14.8. The maximum absolute atomic E-state index is 12.5. The zero-order chi connectivity index (χ0) is 15.7. The molecule has 0 unspecified atom stereocenters. The summed E-state index contributed by atoms with van der Waals surface area (Å²) >= 11 is 1.44. The third-order valence-corrected chi connectivity index (χ3v) is 4.53. The molecule has 1 aliphatic rings. The highest BCUT2D eigenvalue weighted by Gasteiger charge is 2.19. The van der Waals surface area contributed by atoms with Crippen molar-refractivity contribution < 1.29 is 14.3 Å². The molecule has 0 bridgehead atoms. The van der Waals surface area contributed by atoms with Crippen molar-refractivity contribution in [2.24, 2.45) is 0 Å². The van der Waals surface area contributed by atoms with Crippen LogP contribution in [0, 0.1) is 13.8 Å². The highest BCUT2D eigenvalue weighted by Crippen LogP contribution is 2.31. The van der Waals surface area contributed by atoms with Crippen LogP contribution in [0.2, 0.25) is 0 Å². The zero-order valence-electron chi connectivity index (χ0n) is 12.9. The summed E-state index contributed by atoms with van der Waals surface area (Å²) in [6, 6.07) is 5.79. The molecule has 1 aromatic carbocycles. The predicted molar refractivity (Wildman–Crippen MR) is 84.8 cm³/mol. The molecule has 5 nitrogen and oxygen atoms in total. The Morgan fingerprint density at radius 2 is 2.00 bits per heavy atom. The van der Waals surface area contributed by atoms with Crippen molar-refractivity contribution in [3.63, 3.8) is 0 Å². The van der Waals surface area contributed by atoms with Crippen LogP contribution in [0.5, 0.6) is 11.5 Å². The van der Waals surface area contributed by atoms with Gasteiger partial charge in [-0.25, -0.2) is 4.98 Å². The molecule has 1 amide bonds. The van der Waals surface area contributed by atoms with Crippen LogP contribution in [0.3, 0.4) is 0 Å². The third-order valence-electron chi connectivity index (χ3n) is 3.47. The lowest BCUT2D eigenvalue weighted by atomic mass is 10.2. The number of aromatic nitrogens is 1. The fraction of sp³-hybridized carbons (Fsp3) is 0.375. The van der Waals surface area contributed by atoms with Gasteiger partial charge in [-0.05, 0) is 31.5 Å². The van der Waals surface area contributed by atoms with Crippen molar-refractivity contribution in [2.45, 2.75) is 20.4 Å². The van der Waals surface area contributed by atoms with E-state index in [1.165, 1.54) is 11.3 Å². The largest absolute Gasteiger partial charge is 0.486 e. The highest BCUT2D eigenvalue weighted by molar-refractivity contribution is 7.13. The number of carbonyl (C=O) groups is 1. The molecule has 2 aromatic rings. The number of ether oxygens (including phenoxy) is 2. The average Bonchev–Trinajstić information content (AvgIpc) is 2.85.